The van der Waals surface area contributed by atoms with Gasteiger partial charge >= 0.3 is 0 Å². The lowest BCUT2D eigenvalue weighted by Crippen LogP contribution is -2.46. The molecule has 11 nitrogen and oxygen atoms in total. The molecule has 0 saturated heterocycles. The first-order chi connectivity index (χ1) is 25.6. The predicted octanol–water partition coefficient (Wildman–Crippen LogP) is 6.03. The first-order valence-corrected chi connectivity index (χ1v) is 18.7. The van der Waals surface area contributed by atoms with Gasteiger partial charge in [-0.3, -0.25) is 19.2 Å². The number of hydrogen-bond donors (Lipinski definition) is 3. The second kappa shape index (κ2) is 18.5. The number of aliphatic hydroxyl groups excluding tert-OH is 1. The minimum atomic E-state index is -0.565. The van der Waals surface area contributed by atoms with Crippen LogP contribution in [0.15, 0.2) is 78.9 Å². The van der Waals surface area contributed by atoms with Crippen molar-refractivity contribution in [1.82, 2.24) is 24.9 Å². The quantitative estimate of drug-likeness (QED) is 0.129. The Hall–Kier alpha value is -5.29. The molecule has 0 radical (unpaired) electrons. The van der Waals surface area contributed by atoms with Crippen LogP contribution in [0.4, 0.5) is 5.69 Å². The largest absolute Gasteiger partial charge is 0.394 e. The number of benzene rings is 3. The van der Waals surface area contributed by atoms with E-state index in [1.165, 1.54) is 6.92 Å². The van der Waals surface area contributed by atoms with Crippen LogP contribution in [0.3, 0.4) is 0 Å². The average Bonchev–Trinajstić information content (AvgIpc) is 3.56. The maximum absolute atomic E-state index is 14.7. The fraction of sp³-hybridized carbons (Fsp3) is 0.405. The summed E-state index contributed by atoms with van der Waals surface area (Å²) < 4.78 is 1.62. The number of nitrogens with zero attached hydrogens (tertiary/aromatic N) is 4. The maximum Gasteiger partial charge on any atom is 0.274 e. The molecule has 0 bridgehead atoms. The SMILES string of the molecule is CCCCN(CCCC)C(=O)c1cc(C)n(-c2ccc(NC(=O)C(CCNC(C)=O)c3ccccc3)cc2C(=O)N2Cc3ccccc3C[C@H]2CO)n1. The van der Waals surface area contributed by atoms with Crippen molar-refractivity contribution in [3.05, 3.63) is 113 Å². The van der Waals surface area contributed by atoms with Crippen LogP contribution in [0.25, 0.3) is 5.69 Å². The smallest absolute Gasteiger partial charge is 0.274 e. The first kappa shape index (κ1) is 38.9. The normalized spacial score (nSPS) is 14.3. The van der Waals surface area contributed by atoms with Gasteiger partial charge in [-0.1, -0.05) is 81.3 Å². The van der Waals surface area contributed by atoms with Gasteiger partial charge in [-0.2, -0.15) is 5.10 Å². The Bertz CT molecular complexity index is 1880. The lowest BCUT2D eigenvalue weighted by atomic mass is 9.93. The number of unbranched alkanes of at least 4 members (excludes halogenated alkanes) is 2. The zero-order valence-electron chi connectivity index (χ0n) is 31.3. The first-order valence-electron chi connectivity index (χ1n) is 18.7. The summed E-state index contributed by atoms with van der Waals surface area (Å²) in [4.78, 5) is 57.5. The summed E-state index contributed by atoms with van der Waals surface area (Å²) in [6.45, 7) is 9.19. The number of aryl methyl sites for hydroxylation is 1. The number of fused-ring (bicyclic) bond motifs is 1. The van der Waals surface area contributed by atoms with Crippen molar-refractivity contribution in [2.24, 2.45) is 0 Å². The van der Waals surface area contributed by atoms with Crippen LogP contribution in [-0.4, -0.2) is 80.6 Å². The highest BCUT2D eigenvalue weighted by molar-refractivity contribution is 6.02. The van der Waals surface area contributed by atoms with Crippen LogP contribution in [0, 0.1) is 6.92 Å². The highest BCUT2D eigenvalue weighted by Crippen LogP contribution is 2.30. The van der Waals surface area contributed by atoms with E-state index in [1.807, 2.05) is 66.4 Å². The molecule has 0 saturated carbocycles. The van der Waals surface area contributed by atoms with E-state index in [-0.39, 0.29) is 35.8 Å². The number of hydrogen-bond acceptors (Lipinski definition) is 6. The minimum Gasteiger partial charge on any atom is -0.394 e. The van der Waals surface area contributed by atoms with Gasteiger partial charge in [0.25, 0.3) is 11.8 Å². The van der Waals surface area contributed by atoms with E-state index in [9.17, 15) is 24.3 Å². The third-order valence-corrected chi connectivity index (χ3v) is 9.83. The van der Waals surface area contributed by atoms with Gasteiger partial charge in [0.15, 0.2) is 5.69 Å². The zero-order chi connectivity index (χ0) is 37.9. The number of amides is 4. The lowest BCUT2D eigenvalue weighted by molar-refractivity contribution is -0.120. The Morgan fingerprint density at radius 2 is 1.60 bits per heavy atom. The Morgan fingerprint density at radius 1 is 0.925 bits per heavy atom. The van der Waals surface area contributed by atoms with E-state index in [4.69, 9.17) is 5.10 Å². The molecule has 1 aliphatic heterocycles. The second-order valence-corrected chi connectivity index (χ2v) is 13.8. The molecular weight excluding hydrogens is 668 g/mol. The molecule has 1 unspecified atom stereocenters. The summed E-state index contributed by atoms with van der Waals surface area (Å²) in [5.74, 6) is -1.50. The Morgan fingerprint density at radius 3 is 2.26 bits per heavy atom. The number of nitrogens with one attached hydrogen (secondary N) is 2. The molecule has 3 N–H and O–H groups in total. The van der Waals surface area contributed by atoms with Crippen molar-refractivity contribution in [2.75, 3.05) is 31.6 Å². The van der Waals surface area contributed by atoms with Crippen LogP contribution in [0.2, 0.25) is 0 Å². The molecule has 4 amide bonds. The molecule has 53 heavy (non-hydrogen) atoms. The van der Waals surface area contributed by atoms with E-state index >= 15 is 0 Å². The molecule has 2 atom stereocenters. The molecule has 4 aromatic rings. The highest BCUT2D eigenvalue weighted by Gasteiger charge is 2.32. The van der Waals surface area contributed by atoms with Crippen LogP contribution >= 0.6 is 0 Å². The monoisotopic (exact) mass is 720 g/mol. The van der Waals surface area contributed by atoms with Gasteiger partial charge in [0.1, 0.15) is 0 Å². The van der Waals surface area contributed by atoms with Crippen molar-refractivity contribution in [3.63, 3.8) is 0 Å². The maximum atomic E-state index is 14.7. The van der Waals surface area contributed by atoms with Crippen LogP contribution < -0.4 is 10.6 Å². The molecule has 1 aliphatic rings. The van der Waals surface area contributed by atoms with E-state index < -0.39 is 12.0 Å². The molecule has 0 spiro atoms. The third-order valence-electron chi connectivity index (χ3n) is 9.83. The highest BCUT2D eigenvalue weighted by atomic mass is 16.3. The van der Waals surface area contributed by atoms with Crippen molar-refractivity contribution < 1.29 is 24.3 Å². The van der Waals surface area contributed by atoms with Crippen LogP contribution in [0.5, 0.6) is 0 Å². The zero-order valence-corrected chi connectivity index (χ0v) is 31.3. The lowest BCUT2D eigenvalue weighted by Gasteiger charge is -2.36. The number of anilines is 1. The van der Waals surface area contributed by atoms with Crippen LogP contribution in [-0.2, 0) is 22.6 Å². The van der Waals surface area contributed by atoms with Crippen molar-refractivity contribution in [1.29, 1.82) is 0 Å². The summed E-state index contributed by atoms with van der Waals surface area (Å²) in [7, 11) is 0. The molecular formula is C42H52N6O5. The fourth-order valence-corrected chi connectivity index (χ4v) is 6.87. The van der Waals surface area contributed by atoms with Gasteiger partial charge in [0, 0.05) is 44.5 Å². The molecule has 0 fully saturated rings. The summed E-state index contributed by atoms with van der Waals surface area (Å²) in [6.07, 6.45) is 4.60. The standard InChI is InChI=1S/C42H52N6O5/c1-5-7-22-46(23-8-6-2)42(53)38-24-29(3)48(45-38)39-19-18-34(44-40(51)36(20-21-43-30(4)50)31-14-10-9-11-15-31)26-37(39)41(52)47-27-33-17-13-12-16-32(33)25-35(47)28-49/h9-19,24,26,35-36,49H,5-8,20-23,25,27-28H2,1-4H3,(H,43,50)(H,44,51)/t35-,36?/m0/s1. The summed E-state index contributed by atoms with van der Waals surface area (Å²) in [5.41, 5.74) is 5.01. The Labute approximate surface area is 312 Å². The van der Waals surface area contributed by atoms with E-state index in [2.05, 4.69) is 24.5 Å². The summed E-state index contributed by atoms with van der Waals surface area (Å²) in [6, 6.07) is 23.7. The minimum absolute atomic E-state index is 0.148. The number of aliphatic hydroxyl groups is 1. The topological polar surface area (TPSA) is 137 Å². The molecule has 1 aromatic heterocycles. The molecule has 0 aliphatic carbocycles. The Kier molecular flexibility index (Phi) is 13.6. The van der Waals surface area contributed by atoms with Gasteiger partial charge in [-0.25, -0.2) is 4.68 Å². The van der Waals surface area contributed by atoms with Crippen molar-refractivity contribution >= 4 is 29.3 Å². The van der Waals surface area contributed by atoms with Gasteiger partial charge in [-0.15, -0.1) is 0 Å². The number of aromatic nitrogens is 2. The van der Waals surface area contributed by atoms with Gasteiger partial charge in [0.2, 0.25) is 11.8 Å². The summed E-state index contributed by atoms with van der Waals surface area (Å²) >= 11 is 0. The van der Waals surface area contributed by atoms with Crippen LogP contribution in [0.1, 0.15) is 102 Å². The van der Waals surface area contributed by atoms with Gasteiger partial charge in [-0.05, 0) is 73.6 Å². The third kappa shape index (κ3) is 9.58. The summed E-state index contributed by atoms with van der Waals surface area (Å²) in [5, 5.41) is 21.0. The average molecular weight is 721 g/mol. The molecule has 2 heterocycles. The number of rotatable bonds is 16. The molecule has 11 heteroatoms. The molecule has 5 rings (SSSR count). The van der Waals surface area contributed by atoms with Crippen molar-refractivity contribution in [2.45, 2.75) is 84.7 Å². The van der Waals surface area contributed by atoms with E-state index in [1.54, 1.807) is 33.8 Å². The Balaban J connectivity index is 1.53. The molecule has 3 aromatic carbocycles. The van der Waals surface area contributed by atoms with Gasteiger partial charge < -0.3 is 25.5 Å². The number of carbonyl (C=O) groups is 4. The van der Waals surface area contributed by atoms with E-state index in [0.717, 1.165) is 42.4 Å². The predicted molar refractivity (Wildman–Crippen MR) is 206 cm³/mol. The van der Waals surface area contributed by atoms with Crippen molar-refractivity contribution in [3.8, 4) is 5.69 Å². The fourth-order valence-electron chi connectivity index (χ4n) is 6.87. The van der Waals surface area contributed by atoms with E-state index in [0.29, 0.717) is 61.8 Å². The van der Waals surface area contributed by atoms with Gasteiger partial charge in [0.05, 0.1) is 29.8 Å². The second-order valence-electron chi connectivity index (χ2n) is 13.8. The number of carbonyl (C=O) groups excluding carboxylic acids is 4. The molecule has 280 valence electrons.